The van der Waals surface area contributed by atoms with Gasteiger partial charge in [0, 0.05) is 50.9 Å². The van der Waals surface area contributed by atoms with E-state index in [4.69, 9.17) is 4.74 Å². The predicted octanol–water partition coefficient (Wildman–Crippen LogP) is 2.24. The molecule has 1 amide bonds. The fourth-order valence-electron chi connectivity index (χ4n) is 3.74. The number of amides is 1. The van der Waals surface area contributed by atoms with Crippen LogP contribution in [0.5, 0.6) is 0 Å². The number of carbonyl (C=O) groups excluding carboxylic acids is 1. The van der Waals surface area contributed by atoms with Crippen molar-refractivity contribution in [3.05, 3.63) is 29.0 Å². The molecule has 0 aromatic carbocycles. The second-order valence-corrected chi connectivity index (χ2v) is 8.28. The lowest BCUT2D eigenvalue weighted by molar-refractivity contribution is -0.117. The van der Waals surface area contributed by atoms with Crippen LogP contribution < -0.4 is 10.2 Å². The van der Waals surface area contributed by atoms with E-state index in [9.17, 15) is 4.79 Å². The Labute approximate surface area is 168 Å². The van der Waals surface area contributed by atoms with Crippen molar-refractivity contribution in [3.8, 4) is 0 Å². The minimum absolute atomic E-state index is 0.0383. The molecule has 9 heteroatoms. The van der Waals surface area contributed by atoms with E-state index in [1.807, 2.05) is 12.4 Å². The largest absolute Gasteiger partial charge is 0.371 e. The summed E-state index contributed by atoms with van der Waals surface area (Å²) in [5.41, 5.74) is 2.42. The van der Waals surface area contributed by atoms with Gasteiger partial charge in [-0.05, 0) is 37.8 Å². The van der Waals surface area contributed by atoms with Gasteiger partial charge in [-0.1, -0.05) is 11.3 Å². The van der Waals surface area contributed by atoms with Crippen LogP contribution in [0.4, 0.5) is 10.8 Å². The van der Waals surface area contributed by atoms with E-state index in [1.165, 1.54) is 22.6 Å². The number of aromatic nitrogens is 3. The number of rotatable bonds is 5. The van der Waals surface area contributed by atoms with Crippen LogP contribution >= 0.6 is 11.3 Å². The van der Waals surface area contributed by atoms with Gasteiger partial charge in [-0.3, -0.25) is 20.0 Å². The van der Waals surface area contributed by atoms with Crippen molar-refractivity contribution in [1.29, 1.82) is 0 Å². The predicted molar refractivity (Wildman–Crippen MR) is 109 cm³/mol. The summed E-state index contributed by atoms with van der Waals surface area (Å²) in [4.78, 5) is 21.2. The average Bonchev–Trinajstić information content (AvgIpc) is 3.32. The van der Waals surface area contributed by atoms with Crippen molar-refractivity contribution in [2.24, 2.45) is 0 Å². The molecule has 28 heavy (non-hydrogen) atoms. The Hall–Kier alpha value is -2.10. The van der Waals surface area contributed by atoms with Crippen molar-refractivity contribution in [1.82, 2.24) is 20.1 Å². The highest BCUT2D eigenvalue weighted by Crippen LogP contribution is 2.31. The van der Waals surface area contributed by atoms with Crippen molar-refractivity contribution >= 4 is 28.1 Å². The van der Waals surface area contributed by atoms with Gasteiger partial charge < -0.3 is 9.64 Å². The molecular weight excluding hydrogens is 376 g/mol. The number of anilines is 2. The van der Waals surface area contributed by atoms with E-state index in [1.54, 1.807) is 0 Å². The molecule has 2 aromatic heterocycles. The Bertz CT molecular complexity index is 807. The van der Waals surface area contributed by atoms with E-state index in [0.29, 0.717) is 11.7 Å². The first-order chi connectivity index (χ1) is 13.7. The normalized spacial score (nSPS) is 20.9. The summed E-state index contributed by atoms with van der Waals surface area (Å²) in [5.74, 6) is -0.0384. The highest BCUT2D eigenvalue weighted by molar-refractivity contribution is 7.15. The van der Waals surface area contributed by atoms with E-state index < -0.39 is 0 Å². The number of nitrogens with zero attached hydrogens (tertiary/aromatic N) is 5. The van der Waals surface area contributed by atoms with E-state index in [-0.39, 0.29) is 12.0 Å². The lowest BCUT2D eigenvalue weighted by Gasteiger charge is -2.24. The van der Waals surface area contributed by atoms with Gasteiger partial charge in [0.2, 0.25) is 11.0 Å². The molecule has 2 saturated heterocycles. The number of pyridine rings is 1. The summed E-state index contributed by atoms with van der Waals surface area (Å²) in [6.07, 6.45) is 6.83. The molecule has 2 aliphatic heterocycles. The highest BCUT2D eigenvalue weighted by Gasteiger charge is 2.23. The fourth-order valence-corrected chi connectivity index (χ4v) is 4.58. The van der Waals surface area contributed by atoms with Gasteiger partial charge in [0.15, 0.2) is 0 Å². The Morgan fingerprint density at radius 3 is 3.04 bits per heavy atom. The minimum Gasteiger partial charge on any atom is -0.371 e. The first-order valence-electron chi connectivity index (χ1n) is 9.82. The van der Waals surface area contributed by atoms with Crippen molar-refractivity contribution in [2.45, 2.75) is 32.3 Å². The second kappa shape index (κ2) is 8.93. The average molecular weight is 403 g/mol. The van der Waals surface area contributed by atoms with Gasteiger partial charge >= 0.3 is 0 Å². The van der Waals surface area contributed by atoms with Crippen molar-refractivity contribution in [2.75, 3.05) is 49.5 Å². The number of carbonyl (C=O) groups is 1. The van der Waals surface area contributed by atoms with Gasteiger partial charge in [-0.15, -0.1) is 10.2 Å². The topological polar surface area (TPSA) is 83.5 Å². The zero-order chi connectivity index (χ0) is 19.3. The van der Waals surface area contributed by atoms with Crippen LogP contribution in [-0.2, 0) is 9.53 Å². The van der Waals surface area contributed by atoms with Gasteiger partial charge in [0.25, 0.3) is 0 Å². The summed E-state index contributed by atoms with van der Waals surface area (Å²) in [6.45, 7) is 6.89. The van der Waals surface area contributed by atoms with Gasteiger partial charge in [-0.25, -0.2) is 0 Å². The zero-order valence-corrected chi connectivity index (χ0v) is 17.0. The molecule has 2 fully saturated rings. The molecular formula is C19H26N6O2S. The number of hydrogen-bond donors (Lipinski definition) is 1. The summed E-state index contributed by atoms with van der Waals surface area (Å²) in [5, 5.41) is 12.6. The summed E-state index contributed by atoms with van der Waals surface area (Å²) in [6, 6.07) is 2.07. The maximum absolute atomic E-state index is 12.5. The lowest BCUT2D eigenvalue weighted by atomic mass is 10.2. The Kier molecular flexibility index (Phi) is 6.13. The van der Waals surface area contributed by atoms with E-state index >= 15 is 0 Å². The molecule has 2 aromatic rings. The molecule has 4 rings (SSSR count). The van der Waals surface area contributed by atoms with Gasteiger partial charge in [-0.2, -0.15) is 0 Å². The third kappa shape index (κ3) is 4.65. The molecule has 0 saturated carbocycles. The molecule has 150 valence electrons. The molecule has 1 N–H and O–H groups in total. The maximum Gasteiger partial charge on any atom is 0.240 e. The monoisotopic (exact) mass is 402 g/mol. The zero-order valence-electron chi connectivity index (χ0n) is 16.1. The third-order valence-electron chi connectivity index (χ3n) is 5.18. The van der Waals surface area contributed by atoms with Crippen LogP contribution in [0.2, 0.25) is 0 Å². The number of nitrogens with one attached hydrogen (secondary N) is 1. The SMILES string of the molecule is Cc1cnccc1N1CCCN(CC(=O)Nc2nnc(C3CCCO3)s2)CC1. The van der Waals surface area contributed by atoms with Crippen LogP contribution in [0.15, 0.2) is 18.5 Å². The van der Waals surface area contributed by atoms with Crippen LogP contribution in [0.1, 0.15) is 35.9 Å². The number of hydrogen-bond acceptors (Lipinski definition) is 8. The van der Waals surface area contributed by atoms with Gasteiger partial charge in [0.1, 0.15) is 11.1 Å². The molecule has 4 heterocycles. The van der Waals surface area contributed by atoms with E-state index in [0.717, 1.165) is 57.1 Å². The maximum atomic E-state index is 12.5. The van der Waals surface area contributed by atoms with Crippen molar-refractivity contribution in [3.63, 3.8) is 0 Å². The Balaban J connectivity index is 1.28. The quantitative estimate of drug-likeness (QED) is 0.821. The Morgan fingerprint density at radius 2 is 2.21 bits per heavy atom. The fraction of sp³-hybridized carbons (Fsp3) is 0.579. The Morgan fingerprint density at radius 1 is 1.29 bits per heavy atom. The van der Waals surface area contributed by atoms with Crippen molar-refractivity contribution < 1.29 is 9.53 Å². The summed E-state index contributed by atoms with van der Waals surface area (Å²) < 4.78 is 5.63. The van der Waals surface area contributed by atoms with Gasteiger partial charge in [0.05, 0.1) is 6.54 Å². The molecule has 1 atom stereocenters. The third-order valence-corrected chi connectivity index (χ3v) is 6.11. The molecule has 1 unspecified atom stereocenters. The molecule has 0 spiro atoms. The molecule has 8 nitrogen and oxygen atoms in total. The van der Waals surface area contributed by atoms with Crippen LogP contribution in [0, 0.1) is 6.92 Å². The minimum atomic E-state index is -0.0384. The molecule has 0 bridgehead atoms. The van der Waals surface area contributed by atoms with Crippen LogP contribution in [0.25, 0.3) is 0 Å². The number of ether oxygens (including phenoxy) is 1. The lowest BCUT2D eigenvalue weighted by Crippen LogP contribution is -2.36. The standard InChI is InChI=1S/C19H26N6O2S/c1-14-12-20-6-5-15(14)25-8-3-7-24(9-10-25)13-17(26)21-19-23-22-18(28-19)16-4-2-11-27-16/h5-6,12,16H,2-4,7-11,13H2,1H3,(H,21,23,26). The first kappa shape index (κ1) is 19.2. The molecule has 0 aliphatic carbocycles. The summed E-state index contributed by atoms with van der Waals surface area (Å²) >= 11 is 1.41. The van der Waals surface area contributed by atoms with Crippen LogP contribution in [-0.4, -0.2) is 65.3 Å². The second-order valence-electron chi connectivity index (χ2n) is 7.27. The first-order valence-corrected chi connectivity index (χ1v) is 10.6. The van der Waals surface area contributed by atoms with E-state index in [2.05, 4.69) is 43.3 Å². The summed E-state index contributed by atoms with van der Waals surface area (Å²) in [7, 11) is 0. The highest BCUT2D eigenvalue weighted by atomic mass is 32.1. The molecule has 0 radical (unpaired) electrons. The van der Waals surface area contributed by atoms with Crippen LogP contribution in [0.3, 0.4) is 0 Å². The number of aryl methyl sites for hydroxylation is 1. The molecule has 2 aliphatic rings. The smallest absolute Gasteiger partial charge is 0.240 e.